The Morgan fingerprint density at radius 2 is 1.90 bits per heavy atom. The lowest BCUT2D eigenvalue weighted by molar-refractivity contribution is 0.0244. The third kappa shape index (κ3) is 4.17. The van der Waals surface area contributed by atoms with Gasteiger partial charge in [0, 0.05) is 23.0 Å². The summed E-state index contributed by atoms with van der Waals surface area (Å²) in [6.07, 6.45) is 1.71. The SMILES string of the molecule is O=C(O[C@@H](Cn1nnc2ccccc21)C(=O)c1ccc(Cl)cc1Cl)c1cccnc1. The average Bonchev–Trinajstić information content (AvgIpc) is 3.16. The van der Waals surface area contributed by atoms with E-state index in [2.05, 4.69) is 15.3 Å². The predicted octanol–water partition coefficient (Wildman–Crippen LogP) is 4.24. The van der Waals surface area contributed by atoms with Gasteiger partial charge in [0.25, 0.3) is 0 Å². The number of fused-ring (bicyclic) bond motifs is 1. The molecule has 0 fully saturated rings. The fraction of sp³-hybridized carbons (Fsp3) is 0.0952. The summed E-state index contributed by atoms with van der Waals surface area (Å²) in [7, 11) is 0. The molecule has 150 valence electrons. The van der Waals surface area contributed by atoms with E-state index >= 15 is 0 Å². The van der Waals surface area contributed by atoms with Crippen LogP contribution in [0.2, 0.25) is 10.0 Å². The molecule has 0 bridgehead atoms. The summed E-state index contributed by atoms with van der Waals surface area (Å²) in [5.41, 5.74) is 1.78. The number of pyridine rings is 1. The molecule has 0 aliphatic rings. The van der Waals surface area contributed by atoms with Gasteiger partial charge in [-0.3, -0.25) is 9.78 Å². The highest BCUT2D eigenvalue weighted by atomic mass is 35.5. The van der Waals surface area contributed by atoms with Crippen molar-refractivity contribution in [3.05, 3.63) is 88.2 Å². The minimum absolute atomic E-state index is 0.0374. The number of rotatable bonds is 6. The minimum Gasteiger partial charge on any atom is -0.448 e. The standard InChI is InChI=1S/C21H14Cl2N4O3/c22-14-7-8-15(16(23)10-14)20(28)19(30-21(29)13-4-3-9-24-11-13)12-27-18-6-2-1-5-17(18)25-26-27/h1-11,19H,12H2/t19-/m0/s1. The smallest absolute Gasteiger partial charge is 0.340 e. The Morgan fingerprint density at radius 3 is 2.67 bits per heavy atom. The number of Topliss-reactive ketones (excluding diaryl/α,β-unsaturated/α-hetero) is 1. The van der Waals surface area contributed by atoms with Gasteiger partial charge in [0.05, 0.1) is 22.6 Å². The van der Waals surface area contributed by atoms with Crippen LogP contribution < -0.4 is 0 Å². The van der Waals surface area contributed by atoms with Crippen LogP contribution in [0.25, 0.3) is 11.0 Å². The lowest BCUT2D eigenvalue weighted by Gasteiger charge is -2.18. The third-order valence-corrected chi connectivity index (χ3v) is 4.94. The summed E-state index contributed by atoms with van der Waals surface area (Å²) < 4.78 is 7.06. The first-order valence-electron chi connectivity index (χ1n) is 8.91. The molecule has 7 nitrogen and oxygen atoms in total. The van der Waals surface area contributed by atoms with Gasteiger partial charge in [-0.1, -0.05) is 40.5 Å². The number of aromatic nitrogens is 4. The van der Waals surface area contributed by atoms with E-state index in [0.717, 1.165) is 0 Å². The van der Waals surface area contributed by atoms with E-state index in [9.17, 15) is 9.59 Å². The number of ether oxygens (including phenoxy) is 1. The molecule has 2 aromatic carbocycles. The van der Waals surface area contributed by atoms with E-state index in [1.54, 1.807) is 24.3 Å². The largest absolute Gasteiger partial charge is 0.448 e. The lowest BCUT2D eigenvalue weighted by atomic mass is 10.1. The van der Waals surface area contributed by atoms with E-state index in [-0.39, 0.29) is 22.7 Å². The molecule has 0 N–H and O–H groups in total. The molecule has 1 atom stereocenters. The van der Waals surface area contributed by atoms with Gasteiger partial charge in [-0.05, 0) is 42.5 Å². The van der Waals surface area contributed by atoms with Crippen LogP contribution in [-0.4, -0.2) is 37.8 Å². The number of ketones is 1. The van der Waals surface area contributed by atoms with Crippen molar-refractivity contribution in [2.45, 2.75) is 12.6 Å². The number of hydrogen-bond acceptors (Lipinski definition) is 6. The van der Waals surface area contributed by atoms with Crippen LogP contribution in [0.1, 0.15) is 20.7 Å². The molecule has 0 unspecified atom stereocenters. The Kier molecular flexibility index (Phi) is 5.74. The molecule has 0 aliphatic heterocycles. The molecular weight excluding hydrogens is 427 g/mol. The number of esters is 1. The summed E-state index contributed by atoms with van der Waals surface area (Å²) >= 11 is 12.1. The van der Waals surface area contributed by atoms with Crippen LogP contribution in [0.15, 0.2) is 67.0 Å². The van der Waals surface area contributed by atoms with Gasteiger partial charge < -0.3 is 4.74 Å². The zero-order valence-electron chi connectivity index (χ0n) is 15.4. The molecule has 0 radical (unpaired) electrons. The van der Waals surface area contributed by atoms with Crippen LogP contribution in [0.4, 0.5) is 0 Å². The molecule has 9 heteroatoms. The fourth-order valence-corrected chi connectivity index (χ4v) is 3.43. The van der Waals surface area contributed by atoms with Crippen LogP contribution in [-0.2, 0) is 11.3 Å². The zero-order chi connectivity index (χ0) is 21.1. The number of carbonyl (C=O) groups is 2. The van der Waals surface area contributed by atoms with Crippen LogP contribution in [0, 0.1) is 0 Å². The van der Waals surface area contributed by atoms with Gasteiger partial charge in [0.2, 0.25) is 5.78 Å². The van der Waals surface area contributed by atoms with Gasteiger partial charge >= 0.3 is 5.97 Å². The number of nitrogens with zero attached hydrogens (tertiary/aromatic N) is 4. The van der Waals surface area contributed by atoms with E-state index in [1.165, 1.54) is 29.2 Å². The molecule has 0 amide bonds. The Balaban J connectivity index is 1.68. The fourth-order valence-electron chi connectivity index (χ4n) is 2.93. The van der Waals surface area contributed by atoms with Crippen molar-refractivity contribution >= 4 is 46.0 Å². The second-order valence-corrected chi connectivity index (χ2v) is 7.23. The third-order valence-electron chi connectivity index (χ3n) is 4.39. The van der Waals surface area contributed by atoms with Crippen molar-refractivity contribution in [2.24, 2.45) is 0 Å². The zero-order valence-corrected chi connectivity index (χ0v) is 16.9. The summed E-state index contributed by atoms with van der Waals surface area (Å²) in [4.78, 5) is 29.7. The number of benzene rings is 2. The first-order chi connectivity index (χ1) is 14.5. The first kappa shape index (κ1) is 20.0. The Hall–Kier alpha value is -3.29. The van der Waals surface area contributed by atoms with E-state index in [1.807, 2.05) is 18.2 Å². The summed E-state index contributed by atoms with van der Waals surface area (Å²) in [6.45, 7) is -0.0374. The maximum atomic E-state index is 13.2. The van der Waals surface area contributed by atoms with E-state index < -0.39 is 17.9 Å². The van der Waals surface area contributed by atoms with Gasteiger partial charge in [0.1, 0.15) is 5.52 Å². The summed E-state index contributed by atoms with van der Waals surface area (Å²) in [6, 6.07) is 14.9. The van der Waals surface area contributed by atoms with Crippen molar-refractivity contribution in [3.8, 4) is 0 Å². The first-order valence-corrected chi connectivity index (χ1v) is 9.67. The highest BCUT2D eigenvalue weighted by Gasteiger charge is 2.28. The Bertz CT molecular complexity index is 1230. The van der Waals surface area contributed by atoms with Crippen LogP contribution in [0.3, 0.4) is 0 Å². The van der Waals surface area contributed by atoms with Gasteiger partial charge in [-0.2, -0.15) is 0 Å². The Morgan fingerprint density at radius 1 is 1.07 bits per heavy atom. The molecule has 0 saturated heterocycles. The maximum absolute atomic E-state index is 13.2. The monoisotopic (exact) mass is 440 g/mol. The molecule has 0 spiro atoms. The van der Waals surface area contributed by atoms with Gasteiger partial charge in [-0.25, -0.2) is 9.48 Å². The summed E-state index contributed by atoms with van der Waals surface area (Å²) in [5, 5.41) is 8.72. The second-order valence-electron chi connectivity index (χ2n) is 6.38. The van der Waals surface area contributed by atoms with Crippen molar-refractivity contribution < 1.29 is 14.3 Å². The van der Waals surface area contributed by atoms with Crippen molar-refractivity contribution in [2.75, 3.05) is 0 Å². The number of halogens is 2. The number of para-hydroxylation sites is 1. The molecule has 0 aliphatic carbocycles. The molecule has 4 aromatic rings. The molecular formula is C21H14Cl2N4O3. The van der Waals surface area contributed by atoms with Crippen molar-refractivity contribution in [3.63, 3.8) is 0 Å². The van der Waals surface area contributed by atoms with E-state index in [4.69, 9.17) is 27.9 Å². The highest BCUT2D eigenvalue weighted by molar-refractivity contribution is 6.37. The van der Waals surface area contributed by atoms with Crippen molar-refractivity contribution in [1.29, 1.82) is 0 Å². The molecule has 4 rings (SSSR count). The quantitative estimate of drug-likeness (QED) is 0.329. The minimum atomic E-state index is -1.19. The Labute approximate surface area is 181 Å². The molecule has 2 heterocycles. The van der Waals surface area contributed by atoms with E-state index in [0.29, 0.717) is 16.1 Å². The second kappa shape index (κ2) is 8.61. The lowest BCUT2D eigenvalue weighted by Crippen LogP contribution is -2.32. The molecule has 2 aromatic heterocycles. The topological polar surface area (TPSA) is 87.0 Å². The highest BCUT2D eigenvalue weighted by Crippen LogP contribution is 2.24. The predicted molar refractivity (Wildman–Crippen MR) is 112 cm³/mol. The van der Waals surface area contributed by atoms with Gasteiger partial charge in [-0.15, -0.1) is 5.10 Å². The number of hydrogen-bond donors (Lipinski definition) is 0. The summed E-state index contributed by atoms with van der Waals surface area (Å²) in [5.74, 6) is -1.16. The molecule has 30 heavy (non-hydrogen) atoms. The normalized spacial score (nSPS) is 11.9. The molecule has 0 saturated carbocycles. The van der Waals surface area contributed by atoms with Gasteiger partial charge in [0.15, 0.2) is 6.10 Å². The number of carbonyl (C=O) groups excluding carboxylic acids is 2. The van der Waals surface area contributed by atoms with Crippen LogP contribution >= 0.6 is 23.2 Å². The van der Waals surface area contributed by atoms with Crippen LogP contribution in [0.5, 0.6) is 0 Å². The van der Waals surface area contributed by atoms with Crippen molar-refractivity contribution in [1.82, 2.24) is 20.0 Å². The maximum Gasteiger partial charge on any atom is 0.340 e. The average molecular weight is 441 g/mol.